The number of nitrogens with one attached hydrogen (secondary N) is 1. The number of hydrogen-bond donors (Lipinski definition) is 1. The number of hydrogen-bond acceptors (Lipinski definition) is 3. The van der Waals surface area contributed by atoms with Gasteiger partial charge in [-0.1, -0.05) is 34.1 Å². The highest BCUT2D eigenvalue weighted by Gasteiger charge is 2.40. The molecule has 1 heterocycles. The fourth-order valence-electron chi connectivity index (χ4n) is 3.14. The zero-order chi connectivity index (χ0) is 16.1. The molecule has 2 nitrogen and oxygen atoms in total. The molecule has 1 aliphatic heterocycles. The van der Waals surface area contributed by atoms with Crippen LogP contribution in [-0.2, 0) is 0 Å². The van der Waals surface area contributed by atoms with E-state index in [9.17, 15) is 13.2 Å². The van der Waals surface area contributed by atoms with E-state index in [0.29, 0.717) is 18.5 Å². The van der Waals surface area contributed by atoms with Crippen LogP contribution in [0, 0.1) is 5.92 Å². The Morgan fingerprint density at radius 2 is 1.90 bits per heavy atom. The van der Waals surface area contributed by atoms with Gasteiger partial charge in [-0.15, -0.1) is 0 Å². The summed E-state index contributed by atoms with van der Waals surface area (Å²) < 4.78 is 37.1. The van der Waals surface area contributed by atoms with Crippen LogP contribution >= 0.6 is 11.8 Å². The Kier molecular flexibility index (Phi) is 7.34. The first-order valence-corrected chi connectivity index (χ1v) is 8.95. The second kappa shape index (κ2) is 8.06. The molecule has 0 aromatic rings. The van der Waals surface area contributed by atoms with Crippen molar-refractivity contribution in [1.82, 2.24) is 10.2 Å². The standard InChI is InChI=1S/C15H29F3N2S/c1-5-12(4)13-10-20(8-9-21-15(16,17)18)14(6-2,7-3)11-19-13/h12-13,19H,5-11H2,1-4H3. The first kappa shape index (κ1) is 19.1. The normalized spacial score (nSPS) is 25.0. The second-order valence-corrected chi connectivity index (χ2v) is 7.20. The summed E-state index contributed by atoms with van der Waals surface area (Å²) in [5, 5.41) is 3.63. The number of rotatable bonds is 7. The summed E-state index contributed by atoms with van der Waals surface area (Å²) in [4.78, 5) is 2.30. The summed E-state index contributed by atoms with van der Waals surface area (Å²) in [5.74, 6) is 0.674. The van der Waals surface area contributed by atoms with Crippen LogP contribution in [0.15, 0.2) is 0 Å². The molecule has 0 bridgehead atoms. The van der Waals surface area contributed by atoms with Crippen LogP contribution in [0.2, 0.25) is 0 Å². The van der Waals surface area contributed by atoms with E-state index < -0.39 is 5.51 Å². The Morgan fingerprint density at radius 1 is 1.29 bits per heavy atom. The average Bonchev–Trinajstić information content (AvgIpc) is 2.45. The summed E-state index contributed by atoms with van der Waals surface area (Å²) in [6.45, 7) is 10.9. The third-order valence-corrected chi connectivity index (χ3v) is 5.77. The third kappa shape index (κ3) is 5.32. The predicted octanol–water partition coefficient (Wildman–Crippen LogP) is 4.12. The van der Waals surface area contributed by atoms with Gasteiger partial charge in [-0.3, -0.25) is 4.90 Å². The number of nitrogens with zero attached hydrogens (tertiary/aromatic N) is 1. The molecule has 0 aromatic heterocycles. The van der Waals surface area contributed by atoms with Crippen molar-refractivity contribution in [2.45, 2.75) is 64.0 Å². The fraction of sp³-hybridized carbons (Fsp3) is 1.00. The largest absolute Gasteiger partial charge is 0.441 e. The van der Waals surface area contributed by atoms with Crippen LogP contribution < -0.4 is 5.32 Å². The summed E-state index contributed by atoms with van der Waals surface area (Å²) in [6, 6.07) is 0.386. The third-order valence-electron chi connectivity index (χ3n) is 5.06. The van der Waals surface area contributed by atoms with E-state index in [1.54, 1.807) is 0 Å². The molecular formula is C15H29F3N2S. The van der Waals surface area contributed by atoms with Crippen LogP contribution in [-0.4, -0.2) is 47.4 Å². The first-order chi connectivity index (χ1) is 9.78. The Morgan fingerprint density at radius 3 is 2.38 bits per heavy atom. The van der Waals surface area contributed by atoms with E-state index >= 15 is 0 Å². The Bertz CT molecular complexity index is 306. The molecule has 21 heavy (non-hydrogen) atoms. The summed E-state index contributed by atoms with van der Waals surface area (Å²) >= 11 is 0.102. The van der Waals surface area contributed by atoms with Crippen molar-refractivity contribution in [2.75, 3.05) is 25.4 Å². The molecule has 0 radical (unpaired) electrons. The van der Waals surface area contributed by atoms with Crippen molar-refractivity contribution < 1.29 is 13.2 Å². The van der Waals surface area contributed by atoms with Crippen molar-refractivity contribution in [3.8, 4) is 0 Å². The Labute approximate surface area is 131 Å². The summed E-state index contributed by atoms with van der Waals surface area (Å²) in [7, 11) is 0. The Hall–Kier alpha value is 0.0600. The van der Waals surface area contributed by atoms with Crippen molar-refractivity contribution in [2.24, 2.45) is 5.92 Å². The van der Waals surface area contributed by atoms with Gasteiger partial charge in [0.05, 0.1) is 0 Å². The van der Waals surface area contributed by atoms with E-state index in [1.807, 2.05) is 0 Å². The zero-order valence-electron chi connectivity index (χ0n) is 13.6. The molecule has 126 valence electrons. The lowest BCUT2D eigenvalue weighted by Crippen LogP contribution is -2.65. The lowest BCUT2D eigenvalue weighted by molar-refractivity contribution is -0.0333. The molecule has 1 rings (SSSR count). The van der Waals surface area contributed by atoms with Gasteiger partial charge in [0.25, 0.3) is 0 Å². The molecule has 0 spiro atoms. The van der Waals surface area contributed by atoms with Gasteiger partial charge >= 0.3 is 5.51 Å². The molecule has 0 saturated carbocycles. The minimum atomic E-state index is -4.12. The van der Waals surface area contributed by atoms with Gasteiger partial charge in [-0.05, 0) is 30.5 Å². The van der Waals surface area contributed by atoms with E-state index in [-0.39, 0.29) is 23.1 Å². The molecule has 1 fully saturated rings. The molecule has 6 heteroatoms. The molecule has 1 saturated heterocycles. The van der Waals surface area contributed by atoms with Gasteiger partial charge in [0.2, 0.25) is 0 Å². The van der Waals surface area contributed by atoms with Gasteiger partial charge in [0.1, 0.15) is 0 Å². The zero-order valence-corrected chi connectivity index (χ0v) is 14.4. The highest BCUT2D eigenvalue weighted by molar-refractivity contribution is 8.00. The average molecular weight is 326 g/mol. The number of piperazine rings is 1. The van der Waals surface area contributed by atoms with Crippen molar-refractivity contribution >= 4 is 11.8 Å². The monoisotopic (exact) mass is 326 g/mol. The van der Waals surface area contributed by atoms with Crippen LogP contribution in [0.3, 0.4) is 0 Å². The maximum Gasteiger partial charge on any atom is 0.441 e. The van der Waals surface area contributed by atoms with Gasteiger partial charge in [-0.2, -0.15) is 13.2 Å². The molecule has 2 atom stereocenters. The van der Waals surface area contributed by atoms with Crippen LogP contribution in [0.5, 0.6) is 0 Å². The highest BCUT2D eigenvalue weighted by atomic mass is 32.2. The van der Waals surface area contributed by atoms with Crippen LogP contribution in [0.25, 0.3) is 0 Å². The summed E-state index contributed by atoms with van der Waals surface area (Å²) in [5.41, 5.74) is -4.11. The predicted molar refractivity (Wildman–Crippen MR) is 84.6 cm³/mol. The van der Waals surface area contributed by atoms with Crippen molar-refractivity contribution in [1.29, 1.82) is 0 Å². The molecule has 1 aliphatic rings. The molecule has 0 aliphatic carbocycles. The van der Waals surface area contributed by atoms with E-state index in [2.05, 4.69) is 37.9 Å². The van der Waals surface area contributed by atoms with Gasteiger partial charge in [0.15, 0.2) is 0 Å². The SMILES string of the molecule is CCC(C)C1CN(CCSC(F)(F)F)C(CC)(CC)CN1. The topological polar surface area (TPSA) is 15.3 Å². The molecule has 1 N–H and O–H groups in total. The van der Waals surface area contributed by atoms with E-state index in [4.69, 9.17) is 0 Å². The van der Waals surface area contributed by atoms with Crippen molar-refractivity contribution in [3.63, 3.8) is 0 Å². The number of alkyl halides is 3. The van der Waals surface area contributed by atoms with Gasteiger partial charge in [0, 0.05) is 37.0 Å². The second-order valence-electron chi connectivity index (χ2n) is 6.04. The smallest absolute Gasteiger partial charge is 0.311 e. The fourth-order valence-corrected chi connectivity index (χ4v) is 3.68. The number of halogens is 3. The Balaban J connectivity index is 2.69. The quantitative estimate of drug-likeness (QED) is 0.758. The van der Waals surface area contributed by atoms with Crippen molar-refractivity contribution in [3.05, 3.63) is 0 Å². The molecule has 2 unspecified atom stereocenters. The highest BCUT2D eigenvalue weighted by Crippen LogP contribution is 2.33. The lowest BCUT2D eigenvalue weighted by Gasteiger charge is -2.51. The molecular weight excluding hydrogens is 297 g/mol. The maximum atomic E-state index is 12.4. The van der Waals surface area contributed by atoms with E-state index in [1.165, 1.54) is 0 Å². The first-order valence-electron chi connectivity index (χ1n) is 7.97. The minimum absolute atomic E-state index is 0.0100. The molecule has 0 aromatic carbocycles. The lowest BCUT2D eigenvalue weighted by atomic mass is 9.84. The maximum absolute atomic E-state index is 12.4. The van der Waals surface area contributed by atoms with Gasteiger partial charge < -0.3 is 5.32 Å². The van der Waals surface area contributed by atoms with Crippen LogP contribution in [0.4, 0.5) is 13.2 Å². The van der Waals surface area contributed by atoms with Crippen LogP contribution in [0.1, 0.15) is 47.0 Å². The van der Waals surface area contributed by atoms with E-state index in [0.717, 1.165) is 32.4 Å². The molecule has 0 amide bonds. The van der Waals surface area contributed by atoms with Gasteiger partial charge in [-0.25, -0.2) is 0 Å². The number of thioether (sulfide) groups is 1. The summed E-state index contributed by atoms with van der Waals surface area (Å²) in [6.07, 6.45) is 3.04. The minimum Gasteiger partial charge on any atom is -0.311 e.